The second kappa shape index (κ2) is 5.49. The van der Waals surface area contributed by atoms with Gasteiger partial charge in [-0.1, -0.05) is 0 Å². The van der Waals surface area contributed by atoms with E-state index in [4.69, 9.17) is 0 Å². The molecule has 0 fully saturated rings. The van der Waals surface area contributed by atoms with Crippen molar-refractivity contribution in [3.8, 4) is 5.75 Å². The topological polar surface area (TPSA) is 86.7 Å². The fourth-order valence-corrected chi connectivity index (χ4v) is 1.60. The molecular formula is C10H7F3O6S. The Morgan fingerprint density at radius 2 is 1.90 bits per heavy atom. The smallest absolute Gasteiger partial charge is 0.465 e. The van der Waals surface area contributed by atoms with Crippen LogP contribution in [0.4, 0.5) is 13.2 Å². The van der Waals surface area contributed by atoms with Gasteiger partial charge in [0.25, 0.3) is 0 Å². The third-order valence-corrected chi connectivity index (χ3v) is 2.99. The number of hydrogen-bond acceptors (Lipinski definition) is 6. The quantitative estimate of drug-likeness (QED) is 0.362. The van der Waals surface area contributed by atoms with Crippen molar-refractivity contribution in [3.63, 3.8) is 0 Å². The third-order valence-electron chi connectivity index (χ3n) is 2.03. The van der Waals surface area contributed by atoms with Gasteiger partial charge < -0.3 is 8.92 Å². The molecule has 0 aromatic heterocycles. The summed E-state index contributed by atoms with van der Waals surface area (Å²) in [7, 11) is -5.00. The van der Waals surface area contributed by atoms with Gasteiger partial charge in [0, 0.05) is 5.56 Å². The summed E-state index contributed by atoms with van der Waals surface area (Å²) in [5.74, 6) is -2.04. The average Bonchev–Trinajstić information content (AvgIpc) is 2.36. The number of hydrogen-bond donors (Lipinski definition) is 0. The minimum atomic E-state index is -5.93. The van der Waals surface area contributed by atoms with Crippen LogP contribution in [-0.4, -0.2) is 33.3 Å². The van der Waals surface area contributed by atoms with Crippen LogP contribution < -0.4 is 4.18 Å². The summed E-state index contributed by atoms with van der Waals surface area (Å²) in [5, 5.41) is 0. The van der Waals surface area contributed by atoms with E-state index in [1.807, 2.05) is 0 Å². The summed E-state index contributed by atoms with van der Waals surface area (Å²) in [6.45, 7) is 0. The predicted molar refractivity (Wildman–Crippen MR) is 58.8 cm³/mol. The van der Waals surface area contributed by atoms with E-state index in [9.17, 15) is 31.2 Å². The summed E-state index contributed by atoms with van der Waals surface area (Å²) in [6.07, 6.45) is 0.314. The molecule has 20 heavy (non-hydrogen) atoms. The zero-order valence-corrected chi connectivity index (χ0v) is 10.6. The van der Waals surface area contributed by atoms with E-state index in [0.717, 1.165) is 25.3 Å². The normalized spacial score (nSPS) is 11.8. The molecule has 0 saturated carbocycles. The molecule has 10 heteroatoms. The molecule has 6 nitrogen and oxygen atoms in total. The fourth-order valence-electron chi connectivity index (χ4n) is 1.13. The fraction of sp³-hybridized carbons (Fsp3) is 0.200. The Morgan fingerprint density at radius 3 is 2.35 bits per heavy atom. The van der Waals surface area contributed by atoms with Gasteiger partial charge in [-0.25, -0.2) is 4.79 Å². The number of carbonyl (C=O) groups excluding carboxylic acids is 2. The molecule has 0 atom stereocenters. The third kappa shape index (κ3) is 3.26. The van der Waals surface area contributed by atoms with E-state index in [-0.39, 0.29) is 5.56 Å². The molecule has 1 aromatic rings. The summed E-state index contributed by atoms with van der Waals surface area (Å²) >= 11 is 0. The Kier molecular flexibility index (Phi) is 4.38. The molecule has 0 amide bonds. The average molecular weight is 312 g/mol. The van der Waals surface area contributed by atoms with Gasteiger partial charge in [-0.15, -0.1) is 0 Å². The van der Waals surface area contributed by atoms with Crippen LogP contribution in [0.2, 0.25) is 0 Å². The van der Waals surface area contributed by atoms with Gasteiger partial charge in [0.2, 0.25) is 0 Å². The van der Waals surface area contributed by atoms with Gasteiger partial charge in [-0.05, 0) is 18.2 Å². The first kappa shape index (κ1) is 16.0. The highest BCUT2D eigenvalue weighted by Crippen LogP contribution is 2.29. The monoisotopic (exact) mass is 312 g/mol. The minimum Gasteiger partial charge on any atom is -0.465 e. The molecule has 0 unspecified atom stereocenters. The number of aldehydes is 1. The van der Waals surface area contributed by atoms with Gasteiger partial charge in [0.05, 0.1) is 7.11 Å². The largest absolute Gasteiger partial charge is 0.534 e. The van der Waals surface area contributed by atoms with E-state index in [1.165, 1.54) is 0 Å². The Balaban J connectivity index is 3.32. The molecule has 1 aromatic carbocycles. The number of halogens is 3. The zero-order valence-electron chi connectivity index (χ0n) is 9.80. The van der Waals surface area contributed by atoms with Gasteiger partial charge in [-0.2, -0.15) is 21.6 Å². The maximum absolute atomic E-state index is 12.2. The highest BCUT2D eigenvalue weighted by molar-refractivity contribution is 7.88. The molecule has 0 aliphatic carbocycles. The molecule has 0 N–H and O–H groups in total. The van der Waals surface area contributed by atoms with Crippen LogP contribution in [0.3, 0.4) is 0 Å². The molecule has 0 aliphatic rings. The van der Waals surface area contributed by atoms with Crippen molar-refractivity contribution in [2.75, 3.05) is 7.11 Å². The number of carbonyl (C=O) groups is 2. The van der Waals surface area contributed by atoms with Crippen LogP contribution in [0, 0.1) is 0 Å². The molecule has 0 aliphatic heterocycles. The molecule has 0 saturated heterocycles. The van der Waals surface area contributed by atoms with E-state index in [1.54, 1.807) is 0 Å². The number of rotatable bonds is 4. The summed E-state index contributed by atoms with van der Waals surface area (Å²) in [6, 6.07) is 2.58. The maximum Gasteiger partial charge on any atom is 0.534 e. The zero-order chi connectivity index (χ0) is 15.6. The summed E-state index contributed by atoms with van der Waals surface area (Å²) in [4.78, 5) is 21.9. The van der Waals surface area contributed by atoms with Crippen molar-refractivity contribution in [1.82, 2.24) is 0 Å². The van der Waals surface area contributed by atoms with Crippen molar-refractivity contribution in [3.05, 3.63) is 29.3 Å². The molecule has 0 heterocycles. The first-order valence-corrected chi connectivity index (χ1v) is 6.21. The maximum atomic E-state index is 12.2. The lowest BCUT2D eigenvalue weighted by molar-refractivity contribution is -0.0500. The summed E-state index contributed by atoms with van der Waals surface area (Å²) < 4.78 is 66.4. The highest BCUT2D eigenvalue weighted by Gasteiger charge is 2.49. The molecule has 1 rings (SSSR count). The van der Waals surface area contributed by atoms with Crippen LogP contribution in [-0.2, 0) is 14.9 Å². The van der Waals surface area contributed by atoms with Gasteiger partial charge in [0.15, 0.2) is 5.75 Å². The Labute approximate surface area is 111 Å². The van der Waals surface area contributed by atoms with Gasteiger partial charge >= 0.3 is 21.6 Å². The van der Waals surface area contributed by atoms with Crippen molar-refractivity contribution in [2.45, 2.75) is 5.51 Å². The van der Waals surface area contributed by atoms with Crippen LogP contribution in [0.1, 0.15) is 20.7 Å². The molecule has 0 bridgehead atoms. The van der Waals surface area contributed by atoms with Gasteiger partial charge in [-0.3, -0.25) is 4.79 Å². The van der Waals surface area contributed by atoms with Crippen LogP contribution >= 0.6 is 0 Å². The highest BCUT2D eigenvalue weighted by atomic mass is 32.2. The van der Waals surface area contributed by atoms with E-state index in [0.29, 0.717) is 6.29 Å². The second-order valence-electron chi connectivity index (χ2n) is 3.35. The van der Waals surface area contributed by atoms with Crippen molar-refractivity contribution in [2.24, 2.45) is 0 Å². The molecule has 110 valence electrons. The lowest BCUT2D eigenvalue weighted by Crippen LogP contribution is -2.28. The van der Waals surface area contributed by atoms with Crippen LogP contribution in [0.5, 0.6) is 5.75 Å². The van der Waals surface area contributed by atoms with E-state index in [2.05, 4.69) is 8.92 Å². The minimum absolute atomic E-state index is 0.0674. The first-order valence-electron chi connectivity index (χ1n) is 4.80. The Hall–Kier alpha value is -2.10. The van der Waals surface area contributed by atoms with Crippen molar-refractivity contribution < 1.29 is 40.1 Å². The van der Waals surface area contributed by atoms with Crippen molar-refractivity contribution in [1.29, 1.82) is 0 Å². The predicted octanol–water partition coefficient (Wildman–Crippen LogP) is 1.51. The van der Waals surface area contributed by atoms with Crippen LogP contribution in [0.25, 0.3) is 0 Å². The first-order chi connectivity index (χ1) is 9.12. The Morgan fingerprint density at radius 1 is 1.30 bits per heavy atom. The van der Waals surface area contributed by atoms with E-state index < -0.39 is 32.9 Å². The Bertz CT molecular complexity index is 635. The van der Waals surface area contributed by atoms with Gasteiger partial charge in [0.1, 0.15) is 11.8 Å². The molecule has 0 spiro atoms. The van der Waals surface area contributed by atoms with E-state index >= 15 is 0 Å². The number of alkyl halides is 3. The standard InChI is InChI=1S/C10H7F3O6S/c1-18-9(15)7-4-6(5-14)2-3-8(7)19-20(16,17)10(11,12)13/h2-5H,1H3. The van der Waals surface area contributed by atoms with Crippen LogP contribution in [0.15, 0.2) is 18.2 Å². The molecule has 0 radical (unpaired) electrons. The number of benzene rings is 1. The SMILES string of the molecule is COC(=O)c1cc(C=O)ccc1OS(=O)(=O)C(F)(F)F. The lowest BCUT2D eigenvalue weighted by Gasteiger charge is -2.12. The number of esters is 1. The molecular weight excluding hydrogens is 305 g/mol. The number of methoxy groups -OCH3 is 1. The number of ether oxygens (including phenoxy) is 1. The second-order valence-corrected chi connectivity index (χ2v) is 4.89. The lowest BCUT2D eigenvalue weighted by atomic mass is 10.1. The van der Waals surface area contributed by atoms with Crippen molar-refractivity contribution >= 4 is 22.4 Å². The summed E-state index contributed by atoms with van der Waals surface area (Å²) in [5.41, 5.74) is -6.34.